The summed E-state index contributed by atoms with van der Waals surface area (Å²) in [7, 11) is 0. The first-order valence-electron chi connectivity index (χ1n) is 6.53. The first kappa shape index (κ1) is 14.6. The number of carbonyl (C=O) groups excluding carboxylic acids is 1. The molecule has 4 nitrogen and oxygen atoms in total. The highest BCUT2D eigenvalue weighted by molar-refractivity contribution is 5.86. The summed E-state index contributed by atoms with van der Waals surface area (Å²) < 4.78 is 5.47. The molecular formula is C17H15NO3. The van der Waals surface area contributed by atoms with Gasteiger partial charge in [0.1, 0.15) is 5.58 Å². The number of terminal acetylenes is 1. The van der Waals surface area contributed by atoms with Gasteiger partial charge >= 0.3 is 0 Å². The molecule has 1 aromatic carbocycles. The number of hydrogen-bond acceptors (Lipinski definition) is 3. The van der Waals surface area contributed by atoms with Crippen LogP contribution in [0.25, 0.3) is 17.0 Å². The standard InChI is InChI=1S/C17H15NO3/c1-3-10-18-15(19)9-8-13-11-21-14-7-5-6-12(4-2)16(14)17(13)20/h1,4-7,11H,2,8-10H2,(H,18,19). The zero-order valence-electron chi connectivity index (χ0n) is 11.5. The van der Waals surface area contributed by atoms with Crippen LogP contribution in [0.4, 0.5) is 0 Å². The molecule has 0 aliphatic carbocycles. The van der Waals surface area contributed by atoms with E-state index in [0.29, 0.717) is 23.0 Å². The molecule has 0 fully saturated rings. The van der Waals surface area contributed by atoms with Gasteiger partial charge in [-0.1, -0.05) is 30.7 Å². The van der Waals surface area contributed by atoms with Crippen LogP contribution in [-0.2, 0) is 11.2 Å². The van der Waals surface area contributed by atoms with Gasteiger partial charge in [0.05, 0.1) is 18.2 Å². The Morgan fingerprint density at radius 1 is 1.48 bits per heavy atom. The molecular weight excluding hydrogens is 266 g/mol. The van der Waals surface area contributed by atoms with E-state index in [1.807, 2.05) is 0 Å². The highest BCUT2D eigenvalue weighted by Crippen LogP contribution is 2.17. The minimum Gasteiger partial charge on any atom is -0.464 e. The van der Waals surface area contributed by atoms with Gasteiger partial charge in [-0.05, 0) is 18.1 Å². The van der Waals surface area contributed by atoms with Crippen molar-refractivity contribution in [1.82, 2.24) is 5.32 Å². The maximum absolute atomic E-state index is 12.5. The lowest BCUT2D eigenvalue weighted by Crippen LogP contribution is -2.24. The summed E-state index contributed by atoms with van der Waals surface area (Å²) in [4.78, 5) is 24.0. The van der Waals surface area contributed by atoms with E-state index in [1.54, 1.807) is 24.3 Å². The van der Waals surface area contributed by atoms with Crippen molar-refractivity contribution < 1.29 is 9.21 Å². The van der Waals surface area contributed by atoms with E-state index in [1.165, 1.54) is 6.26 Å². The third-order valence-corrected chi connectivity index (χ3v) is 3.13. The van der Waals surface area contributed by atoms with Gasteiger partial charge in [0, 0.05) is 12.0 Å². The van der Waals surface area contributed by atoms with Gasteiger partial charge in [0.15, 0.2) is 5.43 Å². The molecule has 21 heavy (non-hydrogen) atoms. The van der Waals surface area contributed by atoms with Gasteiger partial charge in [0.25, 0.3) is 0 Å². The molecule has 0 saturated carbocycles. The molecule has 4 heteroatoms. The summed E-state index contributed by atoms with van der Waals surface area (Å²) in [5, 5.41) is 3.05. The van der Waals surface area contributed by atoms with Crippen LogP contribution in [0.15, 0.2) is 40.3 Å². The number of hydrogen-bond donors (Lipinski definition) is 1. The van der Waals surface area contributed by atoms with Crippen molar-refractivity contribution in [2.45, 2.75) is 12.8 Å². The average Bonchev–Trinajstić information content (AvgIpc) is 2.51. The van der Waals surface area contributed by atoms with Crippen molar-refractivity contribution in [3.8, 4) is 12.3 Å². The van der Waals surface area contributed by atoms with Crippen molar-refractivity contribution in [3.63, 3.8) is 0 Å². The molecule has 0 aliphatic rings. The van der Waals surface area contributed by atoms with Crippen LogP contribution in [0.2, 0.25) is 0 Å². The minimum absolute atomic E-state index is 0.128. The Balaban J connectivity index is 2.28. The number of amides is 1. The molecule has 1 N–H and O–H groups in total. The fourth-order valence-corrected chi connectivity index (χ4v) is 2.07. The van der Waals surface area contributed by atoms with E-state index in [-0.39, 0.29) is 24.3 Å². The Kier molecular flexibility index (Phi) is 4.57. The van der Waals surface area contributed by atoms with Crippen LogP contribution in [0.1, 0.15) is 17.5 Å². The highest BCUT2D eigenvalue weighted by Gasteiger charge is 2.11. The third kappa shape index (κ3) is 3.21. The molecule has 2 aromatic rings. The Morgan fingerprint density at radius 2 is 2.29 bits per heavy atom. The lowest BCUT2D eigenvalue weighted by Gasteiger charge is -2.05. The average molecular weight is 281 g/mol. The summed E-state index contributed by atoms with van der Waals surface area (Å²) >= 11 is 0. The molecule has 0 atom stereocenters. The molecule has 0 spiro atoms. The number of aryl methyl sites for hydroxylation is 1. The van der Waals surface area contributed by atoms with Crippen LogP contribution in [0, 0.1) is 12.3 Å². The van der Waals surface area contributed by atoms with Gasteiger partial charge in [-0.2, -0.15) is 0 Å². The molecule has 1 aromatic heterocycles. The maximum Gasteiger partial charge on any atom is 0.221 e. The van der Waals surface area contributed by atoms with Crippen molar-refractivity contribution in [1.29, 1.82) is 0 Å². The molecule has 106 valence electrons. The number of rotatable bonds is 5. The molecule has 1 heterocycles. The van der Waals surface area contributed by atoms with Crippen LogP contribution >= 0.6 is 0 Å². The van der Waals surface area contributed by atoms with Gasteiger partial charge < -0.3 is 9.73 Å². The molecule has 0 bridgehead atoms. The highest BCUT2D eigenvalue weighted by atomic mass is 16.3. The first-order valence-corrected chi connectivity index (χ1v) is 6.53. The summed E-state index contributed by atoms with van der Waals surface area (Å²) in [6.07, 6.45) is 8.58. The Bertz CT molecular complexity index is 781. The Morgan fingerprint density at radius 3 is 3.00 bits per heavy atom. The fraction of sp³-hybridized carbons (Fsp3) is 0.176. The smallest absolute Gasteiger partial charge is 0.221 e. The van der Waals surface area contributed by atoms with E-state index >= 15 is 0 Å². The maximum atomic E-state index is 12.5. The van der Waals surface area contributed by atoms with Crippen LogP contribution in [0.3, 0.4) is 0 Å². The van der Waals surface area contributed by atoms with Crippen molar-refractivity contribution in [2.24, 2.45) is 0 Å². The minimum atomic E-state index is -0.190. The zero-order chi connectivity index (χ0) is 15.2. The molecule has 0 saturated heterocycles. The molecule has 1 amide bonds. The van der Waals surface area contributed by atoms with E-state index < -0.39 is 0 Å². The summed E-state index contributed by atoms with van der Waals surface area (Å²) in [5.41, 5.74) is 1.57. The second-order valence-electron chi connectivity index (χ2n) is 4.50. The third-order valence-electron chi connectivity index (χ3n) is 3.13. The van der Waals surface area contributed by atoms with Gasteiger partial charge in [-0.3, -0.25) is 9.59 Å². The van der Waals surface area contributed by atoms with Crippen LogP contribution in [-0.4, -0.2) is 12.5 Å². The second kappa shape index (κ2) is 6.58. The second-order valence-corrected chi connectivity index (χ2v) is 4.50. The van der Waals surface area contributed by atoms with E-state index in [2.05, 4.69) is 17.8 Å². The predicted octanol–water partition coefficient (Wildman–Crippen LogP) is 2.12. The number of carbonyl (C=O) groups is 1. The number of nitrogens with one attached hydrogen (secondary N) is 1. The normalized spacial score (nSPS) is 10.0. The van der Waals surface area contributed by atoms with Gasteiger partial charge in [-0.25, -0.2) is 0 Å². The number of benzene rings is 1. The Hall–Kier alpha value is -2.80. The van der Waals surface area contributed by atoms with Crippen molar-refractivity contribution in [2.75, 3.05) is 6.54 Å². The van der Waals surface area contributed by atoms with Crippen molar-refractivity contribution in [3.05, 3.63) is 52.4 Å². The van der Waals surface area contributed by atoms with Crippen molar-refractivity contribution >= 4 is 23.0 Å². The first-order chi connectivity index (χ1) is 10.2. The fourth-order valence-electron chi connectivity index (χ4n) is 2.07. The van der Waals surface area contributed by atoms with Crippen LogP contribution in [0.5, 0.6) is 0 Å². The SMILES string of the molecule is C#CCNC(=O)CCc1coc2cccc(C=C)c2c1=O. The zero-order valence-corrected chi connectivity index (χ0v) is 11.5. The summed E-state index contributed by atoms with van der Waals surface area (Å²) in [6, 6.07) is 5.33. The van der Waals surface area contributed by atoms with E-state index in [9.17, 15) is 9.59 Å². The predicted molar refractivity (Wildman–Crippen MR) is 82.7 cm³/mol. The van der Waals surface area contributed by atoms with E-state index in [4.69, 9.17) is 10.8 Å². The van der Waals surface area contributed by atoms with Gasteiger partial charge in [-0.15, -0.1) is 6.42 Å². The Labute approximate surface area is 122 Å². The summed E-state index contributed by atoms with van der Waals surface area (Å²) in [5.74, 6) is 2.13. The molecule has 2 rings (SSSR count). The number of fused-ring (bicyclic) bond motifs is 1. The molecule has 0 unspecified atom stereocenters. The molecule has 0 radical (unpaired) electrons. The van der Waals surface area contributed by atoms with Crippen LogP contribution < -0.4 is 10.7 Å². The van der Waals surface area contributed by atoms with Gasteiger partial charge in [0.2, 0.25) is 5.91 Å². The monoisotopic (exact) mass is 281 g/mol. The lowest BCUT2D eigenvalue weighted by molar-refractivity contribution is -0.120. The van der Waals surface area contributed by atoms with E-state index in [0.717, 1.165) is 5.56 Å². The largest absolute Gasteiger partial charge is 0.464 e. The summed E-state index contributed by atoms with van der Waals surface area (Å²) in [6.45, 7) is 3.88. The quantitative estimate of drug-likeness (QED) is 0.854. The molecule has 0 aliphatic heterocycles. The lowest BCUT2D eigenvalue weighted by atomic mass is 10.0. The topological polar surface area (TPSA) is 59.3 Å².